The SMILES string of the molecule is COCCN(C(C)COC)C1CCCCC1C#N. The van der Waals surface area contributed by atoms with Crippen LogP contribution in [0.4, 0.5) is 0 Å². The van der Waals surface area contributed by atoms with Gasteiger partial charge in [0.2, 0.25) is 0 Å². The van der Waals surface area contributed by atoms with Gasteiger partial charge >= 0.3 is 0 Å². The van der Waals surface area contributed by atoms with Gasteiger partial charge in [0, 0.05) is 32.8 Å². The van der Waals surface area contributed by atoms with Crippen molar-refractivity contribution in [1.82, 2.24) is 4.90 Å². The first kappa shape index (κ1) is 15.4. The number of hydrogen-bond acceptors (Lipinski definition) is 4. The average molecular weight is 254 g/mol. The number of ether oxygens (including phenoxy) is 2. The molecule has 0 aliphatic heterocycles. The minimum absolute atomic E-state index is 0.162. The van der Waals surface area contributed by atoms with Gasteiger partial charge < -0.3 is 9.47 Å². The maximum atomic E-state index is 9.31. The van der Waals surface area contributed by atoms with Crippen LogP contribution in [0.5, 0.6) is 0 Å². The van der Waals surface area contributed by atoms with Gasteiger partial charge in [-0.15, -0.1) is 0 Å². The second-order valence-corrected chi connectivity index (χ2v) is 5.12. The van der Waals surface area contributed by atoms with Crippen molar-refractivity contribution in [2.24, 2.45) is 5.92 Å². The molecule has 0 saturated heterocycles. The average Bonchev–Trinajstić information content (AvgIpc) is 2.40. The van der Waals surface area contributed by atoms with E-state index in [1.165, 1.54) is 12.8 Å². The van der Waals surface area contributed by atoms with Gasteiger partial charge in [0.15, 0.2) is 0 Å². The zero-order valence-electron chi connectivity index (χ0n) is 11.9. The Kier molecular flexibility index (Phi) is 7.26. The van der Waals surface area contributed by atoms with Gasteiger partial charge in [-0.3, -0.25) is 4.90 Å². The minimum Gasteiger partial charge on any atom is -0.383 e. The van der Waals surface area contributed by atoms with Crippen molar-refractivity contribution in [3.8, 4) is 6.07 Å². The predicted octanol–water partition coefficient (Wildman–Crippen LogP) is 2.05. The molecule has 18 heavy (non-hydrogen) atoms. The van der Waals surface area contributed by atoms with Crippen LogP contribution in [-0.2, 0) is 9.47 Å². The van der Waals surface area contributed by atoms with E-state index in [1.807, 2.05) is 0 Å². The Morgan fingerprint density at radius 3 is 2.61 bits per heavy atom. The van der Waals surface area contributed by atoms with E-state index in [9.17, 15) is 5.26 Å². The summed E-state index contributed by atoms with van der Waals surface area (Å²) in [5, 5.41) is 9.31. The molecule has 0 spiro atoms. The quantitative estimate of drug-likeness (QED) is 0.697. The summed E-state index contributed by atoms with van der Waals surface area (Å²) in [4.78, 5) is 2.40. The third-order valence-electron chi connectivity index (χ3n) is 3.85. The smallest absolute Gasteiger partial charge is 0.0672 e. The lowest BCUT2D eigenvalue weighted by Crippen LogP contribution is -2.49. The molecule has 1 aliphatic carbocycles. The molecular formula is C14H26N2O2. The number of nitrogens with zero attached hydrogens (tertiary/aromatic N) is 2. The van der Waals surface area contributed by atoms with Crippen molar-refractivity contribution >= 4 is 0 Å². The van der Waals surface area contributed by atoms with Crippen molar-refractivity contribution in [3.05, 3.63) is 0 Å². The maximum absolute atomic E-state index is 9.31. The monoisotopic (exact) mass is 254 g/mol. The molecule has 0 aromatic carbocycles. The van der Waals surface area contributed by atoms with E-state index < -0.39 is 0 Å². The standard InChI is InChI=1S/C14H26N2O2/c1-12(11-18-3)16(8-9-17-2)14-7-5-4-6-13(14)10-15/h12-14H,4-9,11H2,1-3H3. The lowest BCUT2D eigenvalue weighted by Gasteiger charge is -2.40. The summed E-state index contributed by atoms with van der Waals surface area (Å²) in [7, 11) is 3.45. The van der Waals surface area contributed by atoms with Gasteiger partial charge in [0.05, 0.1) is 25.2 Å². The van der Waals surface area contributed by atoms with Crippen molar-refractivity contribution in [1.29, 1.82) is 5.26 Å². The van der Waals surface area contributed by atoms with Crippen LogP contribution in [0.25, 0.3) is 0 Å². The van der Waals surface area contributed by atoms with Crippen LogP contribution < -0.4 is 0 Å². The van der Waals surface area contributed by atoms with E-state index in [0.717, 1.165) is 19.4 Å². The molecule has 0 amide bonds. The molecule has 0 aromatic rings. The molecule has 1 aliphatic rings. The topological polar surface area (TPSA) is 45.5 Å². The Morgan fingerprint density at radius 1 is 1.28 bits per heavy atom. The zero-order chi connectivity index (χ0) is 13.4. The fraction of sp³-hybridized carbons (Fsp3) is 0.929. The molecule has 0 N–H and O–H groups in total. The molecule has 1 fully saturated rings. The Hall–Kier alpha value is -0.630. The summed E-state index contributed by atoms with van der Waals surface area (Å²) in [5.74, 6) is 0.162. The van der Waals surface area contributed by atoms with Crippen LogP contribution in [0, 0.1) is 17.2 Å². The van der Waals surface area contributed by atoms with Crippen LogP contribution >= 0.6 is 0 Å². The van der Waals surface area contributed by atoms with Gasteiger partial charge in [-0.25, -0.2) is 0 Å². The molecule has 3 atom stereocenters. The molecule has 4 nitrogen and oxygen atoms in total. The maximum Gasteiger partial charge on any atom is 0.0672 e. The molecule has 3 unspecified atom stereocenters. The molecule has 0 aromatic heterocycles. The van der Waals surface area contributed by atoms with Gasteiger partial charge in [-0.2, -0.15) is 5.26 Å². The van der Waals surface area contributed by atoms with Gasteiger partial charge in [-0.1, -0.05) is 12.8 Å². The van der Waals surface area contributed by atoms with Crippen molar-refractivity contribution in [2.45, 2.75) is 44.7 Å². The molecule has 104 valence electrons. The summed E-state index contributed by atoms with van der Waals surface area (Å²) in [5.41, 5.74) is 0. The highest BCUT2D eigenvalue weighted by Gasteiger charge is 2.32. The van der Waals surface area contributed by atoms with Gasteiger partial charge in [-0.05, 0) is 19.8 Å². The van der Waals surface area contributed by atoms with Crippen LogP contribution in [-0.4, -0.2) is 51.0 Å². The van der Waals surface area contributed by atoms with Crippen LogP contribution in [0.2, 0.25) is 0 Å². The number of hydrogen-bond donors (Lipinski definition) is 0. The highest BCUT2D eigenvalue weighted by molar-refractivity contribution is 4.96. The van der Waals surface area contributed by atoms with Gasteiger partial charge in [0.1, 0.15) is 0 Å². The fourth-order valence-corrected chi connectivity index (χ4v) is 2.91. The highest BCUT2D eigenvalue weighted by atomic mass is 16.5. The summed E-state index contributed by atoms with van der Waals surface area (Å²) in [6.07, 6.45) is 4.57. The Balaban J connectivity index is 2.69. The third kappa shape index (κ3) is 4.24. The zero-order valence-corrected chi connectivity index (χ0v) is 11.9. The van der Waals surface area contributed by atoms with Crippen molar-refractivity contribution in [3.63, 3.8) is 0 Å². The molecule has 4 heteroatoms. The fourth-order valence-electron chi connectivity index (χ4n) is 2.91. The largest absolute Gasteiger partial charge is 0.383 e. The number of rotatable bonds is 7. The van der Waals surface area contributed by atoms with Crippen LogP contribution in [0.3, 0.4) is 0 Å². The summed E-state index contributed by atoms with van der Waals surface area (Å²) in [6.45, 7) is 4.47. The van der Waals surface area contributed by atoms with E-state index in [4.69, 9.17) is 9.47 Å². The van der Waals surface area contributed by atoms with E-state index >= 15 is 0 Å². The molecular weight excluding hydrogens is 228 g/mol. The molecule has 1 rings (SSSR count). The number of methoxy groups -OCH3 is 2. The van der Waals surface area contributed by atoms with E-state index in [-0.39, 0.29) is 5.92 Å². The molecule has 0 radical (unpaired) electrons. The summed E-state index contributed by atoms with van der Waals surface area (Å²) >= 11 is 0. The second kappa shape index (κ2) is 8.47. The first-order chi connectivity index (χ1) is 8.74. The Labute approximate surface area is 111 Å². The lowest BCUT2D eigenvalue weighted by molar-refractivity contribution is 0.0235. The Morgan fingerprint density at radius 2 is 2.00 bits per heavy atom. The van der Waals surface area contributed by atoms with E-state index in [1.54, 1.807) is 14.2 Å². The normalized spacial score (nSPS) is 25.9. The van der Waals surface area contributed by atoms with Crippen LogP contribution in [0.1, 0.15) is 32.6 Å². The van der Waals surface area contributed by atoms with E-state index in [0.29, 0.717) is 25.3 Å². The van der Waals surface area contributed by atoms with Crippen LogP contribution in [0.15, 0.2) is 0 Å². The lowest BCUT2D eigenvalue weighted by atomic mass is 9.84. The predicted molar refractivity (Wildman–Crippen MR) is 71.3 cm³/mol. The minimum atomic E-state index is 0.162. The van der Waals surface area contributed by atoms with Gasteiger partial charge in [0.25, 0.3) is 0 Å². The molecule has 1 saturated carbocycles. The first-order valence-electron chi connectivity index (χ1n) is 6.87. The van der Waals surface area contributed by atoms with Crippen molar-refractivity contribution in [2.75, 3.05) is 34.0 Å². The Bertz CT molecular complexity index is 265. The van der Waals surface area contributed by atoms with Crippen molar-refractivity contribution < 1.29 is 9.47 Å². The number of nitriles is 1. The molecule has 0 heterocycles. The first-order valence-corrected chi connectivity index (χ1v) is 6.87. The van der Waals surface area contributed by atoms with E-state index in [2.05, 4.69) is 17.9 Å². The summed E-state index contributed by atoms with van der Waals surface area (Å²) in [6, 6.07) is 3.19. The summed E-state index contributed by atoms with van der Waals surface area (Å²) < 4.78 is 10.5. The molecule has 0 bridgehead atoms. The highest BCUT2D eigenvalue weighted by Crippen LogP contribution is 2.29. The third-order valence-corrected chi connectivity index (χ3v) is 3.85. The second-order valence-electron chi connectivity index (χ2n) is 5.12.